The van der Waals surface area contributed by atoms with Gasteiger partial charge in [-0.2, -0.15) is 0 Å². The first-order valence-corrected chi connectivity index (χ1v) is 3.74. The molecule has 1 rings (SSSR count). The molecule has 0 aliphatic rings. The second-order valence-corrected chi connectivity index (χ2v) is 2.80. The van der Waals surface area contributed by atoms with Crippen molar-refractivity contribution in [2.75, 3.05) is 0 Å². The molecule has 0 heterocycles. The van der Waals surface area contributed by atoms with Gasteiger partial charge in [-0.1, -0.05) is 5.16 Å². The summed E-state index contributed by atoms with van der Waals surface area (Å²) in [5, 5.41) is 20.7. The SMILES string of the molecule is C/C(=N\O)c1cc(C)c(F)cc1O. The van der Waals surface area contributed by atoms with Crippen molar-refractivity contribution in [1.29, 1.82) is 0 Å². The summed E-state index contributed by atoms with van der Waals surface area (Å²) < 4.78 is 12.9. The molecule has 0 spiro atoms. The minimum atomic E-state index is -0.480. The van der Waals surface area contributed by atoms with Crippen LogP contribution >= 0.6 is 0 Å². The third-order valence-corrected chi connectivity index (χ3v) is 1.82. The average Bonchev–Trinajstić information content (AvgIpc) is 2.10. The van der Waals surface area contributed by atoms with Crippen molar-refractivity contribution < 1.29 is 14.7 Å². The van der Waals surface area contributed by atoms with Gasteiger partial charge in [0.15, 0.2) is 0 Å². The summed E-state index contributed by atoms with van der Waals surface area (Å²) in [5.41, 5.74) is 0.984. The summed E-state index contributed by atoms with van der Waals surface area (Å²) in [6.45, 7) is 3.09. The Bertz CT molecular complexity index is 361. The smallest absolute Gasteiger partial charge is 0.129 e. The lowest BCUT2D eigenvalue weighted by Crippen LogP contribution is -1.97. The first-order chi connectivity index (χ1) is 6.06. The topological polar surface area (TPSA) is 52.8 Å². The summed E-state index contributed by atoms with van der Waals surface area (Å²) in [6, 6.07) is 2.43. The molecule has 13 heavy (non-hydrogen) atoms. The number of aryl methyl sites for hydroxylation is 1. The minimum Gasteiger partial charge on any atom is -0.507 e. The van der Waals surface area contributed by atoms with Gasteiger partial charge in [0, 0.05) is 11.6 Å². The van der Waals surface area contributed by atoms with Crippen LogP contribution in [0.1, 0.15) is 18.1 Å². The van der Waals surface area contributed by atoms with E-state index in [-0.39, 0.29) is 11.5 Å². The maximum atomic E-state index is 12.9. The van der Waals surface area contributed by atoms with E-state index in [1.807, 2.05) is 0 Å². The molecule has 1 aromatic rings. The largest absolute Gasteiger partial charge is 0.507 e. The van der Waals surface area contributed by atoms with E-state index in [2.05, 4.69) is 5.16 Å². The molecule has 0 amide bonds. The Hall–Kier alpha value is -1.58. The molecule has 0 bridgehead atoms. The van der Waals surface area contributed by atoms with Crippen LogP contribution in [0.4, 0.5) is 4.39 Å². The van der Waals surface area contributed by atoms with Crippen molar-refractivity contribution in [3.8, 4) is 5.75 Å². The molecule has 1 aromatic carbocycles. The predicted octanol–water partition coefficient (Wildman–Crippen LogP) is 2.04. The lowest BCUT2D eigenvalue weighted by molar-refractivity contribution is 0.318. The number of hydrogen-bond donors (Lipinski definition) is 2. The van der Waals surface area contributed by atoms with E-state index in [4.69, 9.17) is 5.21 Å². The zero-order chi connectivity index (χ0) is 10.0. The van der Waals surface area contributed by atoms with Crippen LogP contribution in [0, 0.1) is 12.7 Å². The lowest BCUT2D eigenvalue weighted by atomic mass is 10.1. The number of rotatable bonds is 1. The van der Waals surface area contributed by atoms with Crippen LogP contribution in [0.15, 0.2) is 17.3 Å². The van der Waals surface area contributed by atoms with E-state index in [1.54, 1.807) is 6.92 Å². The zero-order valence-corrected chi connectivity index (χ0v) is 7.37. The normalized spacial score (nSPS) is 11.8. The Balaban J connectivity index is 3.32. The van der Waals surface area contributed by atoms with Gasteiger partial charge in [0.05, 0.1) is 5.71 Å². The number of phenols is 1. The Morgan fingerprint density at radius 3 is 2.62 bits per heavy atom. The number of nitrogens with zero attached hydrogens (tertiary/aromatic N) is 1. The van der Waals surface area contributed by atoms with Crippen LogP contribution in [0.5, 0.6) is 5.75 Å². The second kappa shape index (κ2) is 3.43. The molecule has 0 atom stereocenters. The van der Waals surface area contributed by atoms with Crippen LogP contribution < -0.4 is 0 Å². The molecule has 0 aromatic heterocycles. The molecule has 0 saturated carbocycles. The van der Waals surface area contributed by atoms with E-state index in [9.17, 15) is 9.50 Å². The van der Waals surface area contributed by atoms with Gasteiger partial charge in [0.2, 0.25) is 0 Å². The number of benzene rings is 1. The van der Waals surface area contributed by atoms with Gasteiger partial charge in [-0.3, -0.25) is 0 Å². The summed E-state index contributed by atoms with van der Waals surface area (Å²) >= 11 is 0. The van der Waals surface area contributed by atoms with Gasteiger partial charge in [0.1, 0.15) is 11.6 Å². The Morgan fingerprint density at radius 2 is 2.08 bits per heavy atom. The minimum absolute atomic E-state index is 0.224. The number of halogens is 1. The number of phenolic OH excluding ortho intramolecular Hbond substituents is 1. The van der Waals surface area contributed by atoms with Crippen molar-refractivity contribution in [3.63, 3.8) is 0 Å². The Morgan fingerprint density at radius 1 is 1.46 bits per heavy atom. The Kier molecular flexibility index (Phi) is 2.51. The highest BCUT2D eigenvalue weighted by molar-refractivity contribution is 6.00. The molecular formula is C9H10FNO2. The molecule has 70 valence electrons. The number of oxime groups is 1. The van der Waals surface area contributed by atoms with Crippen molar-refractivity contribution in [2.45, 2.75) is 13.8 Å². The number of hydrogen-bond acceptors (Lipinski definition) is 3. The molecule has 0 unspecified atom stereocenters. The fourth-order valence-corrected chi connectivity index (χ4v) is 1.01. The molecular weight excluding hydrogens is 173 g/mol. The zero-order valence-electron chi connectivity index (χ0n) is 7.37. The second-order valence-electron chi connectivity index (χ2n) is 2.80. The van der Waals surface area contributed by atoms with Crippen LogP contribution in [0.25, 0.3) is 0 Å². The first-order valence-electron chi connectivity index (χ1n) is 3.74. The van der Waals surface area contributed by atoms with Gasteiger partial charge in [-0.25, -0.2) is 4.39 Å². The standard InChI is InChI=1S/C9H10FNO2/c1-5-3-7(6(2)11-13)9(12)4-8(5)10/h3-4,12-13H,1-2H3/b11-6+. The summed E-state index contributed by atoms with van der Waals surface area (Å²) in [5.74, 6) is -0.703. The molecule has 0 fully saturated rings. The molecule has 3 nitrogen and oxygen atoms in total. The van der Waals surface area contributed by atoms with Gasteiger partial charge in [-0.05, 0) is 25.5 Å². The van der Waals surface area contributed by atoms with E-state index >= 15 is 0 Å². The summed E-state index contributed by atoms with van der Waals surface area (Å²) in [6.07, 6.45) is 0. The van der Waals surface area contributed by atoms with Gasteiger partial charge >= 0.3 is 0 Å². The van der Waals surface area contributed by atoms with Crippen LogP contribution in [0.3, 0.4) is 0 Å². The molecule has 0 radical (unpaired) electrons. The fraction of sp³-hybridized carbons (Fsp3) is 0.222. The fourth-order valence-electron chi connectivity index (χ4n) is 1.01. The predicted molar refractivity (Wildman–Crippen MR) is 46.8 cm³/mol. The maximum absolute atomic E-state index is 12.9. The van der Waals surface area contributed by atoms with Crippen LogP contribution in [-0.4, -0.2) is 16.0 Å². The summed E-state index contributed by atoms with van der Waals surface area (Å²) in [7, 11) is 0. The van der Waals surface area contributed by atoms with E-state index in [0.717, 1.165) is 6.07 Å². The molecule has 4 heteroatoms. The Labute approximate surface area is 75.1 Å². The highest BCUT2D eigenvalue weighted by Gasteiger charge is 2.08. The quantitative estimate of drug-likeness (QED) is 0.397. The first kappa shape index (κ1) is 9.51. The highest BCUT2D eigenvalue weighted by atomic mass is 19.1. The molecule has 0 aliphatic carbocycles. The van der Waals surface area contributed by atoms with E-state index in [0.29, 0.717) is 11.1 Å². The summed E-state index contributed by atoms with van der Waals surface area (Å²) in [4.78, 5) is 0. The van der Waals surface area contributed by atoms with E-state index < -0.39 is 5.82 Å². The number of aromatic hydroxyl groups is 1. The van der Waals surface area contributed by atoms with Crippen LogP contribution in [-0.2, 0) is 0 Å². The average molecular weight is 183 g/mol. The van der Waals surface area contributed by atoms with Crippen molar-refractivity contribution in [2.24, 2.45) is 5.16 Å². The maximum Gasteiger partial charge on any atom is 0.129 e. The third kappa shape index (κ3) is 1.77. The van der Waals surface area contributed by atoms with Gasteiger partial charge in [0.25, 0.3) is 0 Å². The van der Waals surface area contributed by atoms with Crippen molar-refractivity contribution in [3.05, 3.63) is 29.1 Å². The molecule has 2 N–H and O–H groups in total. The molecule has 0 saturated heterocycles. The van der Waals surface area contributed by atoms with Gasteiger partial charge < -0.3 is 10.3 Å². The van der Waals surface area contributed by atoms with Crippen molar-refractivity contribution in [1.82, 2.24) is 0 Å². The van der Waals surface area contributed by atoms with Crippen molar-refractivity contribution >= 4 is 5.71 Å². The van der Waals surface area contributed by atoms with E-state index in [1.165, 1.54) is 13.0 Å². The lowest BCUT2D eigenvalue weighted by Gasteiger charge is -2.04. The molecule has 0 aliphatic heterocycles. The van der Waals surface area contributed by atoms with Gasteiger partial charge in [-0.15, -0.1) is 0 Å². The third-order valence-electron chi connectivity index (χ3n) is 1.82. The highest BCUT2D eigenvalue weighted by Crippen LogP contribution is 2.21. The van der Waals surface area contributed by atoms with Crippen LogP contribution in [0.2, 0.25) is 0 Å². The monoisotopic (exact) mass is 183 g/mol.